The van der Waals surface area contributed by atoms with E-state index in [1.807, 2.05) is 49.4 Å². The van der Waals surface area contributed by atoms with Gasteiger partial charge in [-0.2, -0.15) is 0 Å². The summed E-state index contributed by atoms with van der Waals surface area (Å²) in [6.07, 6.45) is 16.1. The minimum absolute atomic E-state index is 0.0175. The lowest BCUT2D eigenvalue weighted by Gasteiger charge is -2.20. The molecular weight excluding hydrogens is 679 g/mol. The normalized spacial score (nSPS) is 13.3. The number of H-pyrrole nitrogens is 1. The molecule has 0 saturated carbocycles. The molecule has 9 nitrogen and oxygen atoms in total. The van der Waals surface area contributed by atoms with Crippen molar-refractivity contribution >= 4 is 11.6 Å². The van der Waals surface area contributed by atoms with Crippen LogP contribution in [0.25, 0.3) is 0 Å². The third-order valence-electron chi connectivity index (χ3n) is 10.0. The Labute approximate surface area is 320 Å². The second-order valence-corrected chi connectivity index (χ2v) is 14.5. The van der Waals surface area contributed by atoms with Crippen LogP contribution < -0.4 is 16.2 Å². The number of carbonyl (C=O) groups is 2. The number of rotatable bonds is 24. The smallest absolute Gasteiger partial charge is 0.165 e. The molecule has 4 rings (SSSR count). The van der Waals surface area contributed by atoms with E-state index in [0.717, 1.165) is 54.4 Å². The number of unbranched alkanes of at least 4 members (excludes halogenated alkanes) is 3. The number of nitrogens with one attached hydrogen (secondary N) is 1. The number of hydrogen-bond donors (Lipinski definition) is 6. The number of aliphatic hydroxyl groups excluding tert-OH is 1. The van der Waals surface area contributed by atoms with Gasteiger partial charge in [-0.15, -0.1) is 0 Å². The molecule has 0 aliphatic rings. The topological polar surface area (TPSA) is 172 Å². The van der Waals surface area contributed by atoms with Crippen LogP contribution in [0, 0.1) is 5.92 Å². The Morgan fingerprint density at radius 3 is 2.26 bits per heavy atom. The number of ketones is 2. The van der Waals surface area contributed by atoms with Crippen LogP contribution in [-0.2, 0) is 17.6 Å². The fourth-order valence-electron chi connectivity index (χ4n) is 6.94. The van der Waals surface area contributed by atoms with Crippen molar-refractivity contribution in [3.63, 3.8) is 0 Å². The second kappa shape index (κ2) is 21.9. The fourth-order valence-corrected chi connectivity index (χ4v) is 6.94. The first-order chi connectivity index (χ1) is 26.0. The number of Topliss-reactive ketones (excluding diaryl/α,β-unsaturated/α-hetero) is 1. The fraction of sp³-hybridized carbons (Fsp3) is 0.422. The number of nitrogens with two attached hydrogens (primary N) is 2. The number of carbonyl (C=O) groups excluding carboxylic acids is 2. The Morgan fingerprint density at radius 2 is 1.57 bits per heavy atom. The van der Waals surface area contributed by atoms with Gasteiger partial charge in [-0.25, -0.2) is 0 Å². The second-order valence-electron chi connectivity index (χ2n) is 14.5. The first kappa shape index (κ1) is 42.0. The number of aromatic hydroxyl groups is 2. The lowest BCUT2D eigenvalue weighted by Crippen LogP contribution is -2.20. The van der Waals surface area contributed by atoms with E-state index in [-0.39, 0.29) is 42.2 Å². The molecule has 4 aromatic rings. The van der Waals surface area contributed by atoms with E-state index in [0.29, 0.717) is 42.1 Å². The van der Waals surface area contributed by atoms with Crippen LogP contribution in [0.15, 0.2) is 91.3 Å². The molecule has 3 aromatic carbocycles. The molecule has 0 aliphatic heterocycles. The van der Waals surface area contributed by atoms with Gasteiger partial charge in [-0.05, 0) is 91.1 Å². The van der Waals surface area contributed by atoms with Gasteiger partial charge >= 0.3 is 0 Å². The molecule has 290 valence electrons. The van der Waals surface area contributed by atoms with Gasteiger partial charge < -0.3 is 36.5 Å². The summed E-state index contributed by atoms with van der Waals surface area (Å²) in [5.74, 6) is 0.540. The molecule has 0 bridgehead atoms. The maximum absolute atomic E-state index is 13.2. The summed E-state index contributed by atoms with van der Waals surface area (Å²) in [4.78, 5) is 28.8. The van der Waals surface area contributed by atoms with Gasteiger partial charge in [0.1, 0.15) is 5.75 Å². The number of phenolic OH excluding ortho intramolecular Hbond substituents is 2. The molecule has 9 heteroatoms. The third-order valence-corrected chi connectivity index (χ3v) is 10.0. The summed E-state index contributed by atoms with van der Waals surface area (Å²) >= 11 is 0. The molecule has 0 amide bonds. The van der Waals surface area contributed by atoms with E-state index >= 15 is 0 Å². The Morgan fingerprint density at radius 1 is 0.870 bits per heavy atom. The van der Waals surface area contributed by atoms with Gasteiger partial charge in [0.2, 0.25) is 0 Å². The molecule has 1 heterocycles. The summed E-state index contributed by atoms with van der Waals surface area (Å²) in [7, 11) is 0. The SMILES string of the molecule is CCCCCC(CCCC=CC(=O)CCc1ccc(O)c(OCCc2ccc(O)c(C(CC(=O)c3cc[nH]c3)c3ccc(C(N)N)cc3)c2)c1)CC(C)O. The zero-order valence-electron chi connectivity index (χ0n) is 31.9. The average molecular weight is 738 g/mol. The summed E-state index contributed by atoms with van der Waals surface area (Å²) in [6, 6.07) is 19.7. The van der Waals surface area contributed by atoms with Crippen LogP contribution in [0.4, 0.5) is 0 Å². The maximum Gasteiger partial charge on any atom is 0.165 e. The number of phenols is 2. The summed E-state index contributed by atoms with van der Waals surface area (Å²) in [5.41, 5.74) is 16.3. The van der Waals surface area contributed by atoms with Gasteiger partial charge in [0, 0.05) is 48.7 Å². The minimum Gasteiger partial charge on any atom is -0.508 e. The van der Waals surface area contributed by atoms with Crippen LogP contribution in [-0.4, -0.2) is 44.6 Å². The highest BCUT2D eigenvalue weighted by atomic mass is 16.5. The average Bonchev–Trinajstić information content (AvgIpc) is 3.70. The van der Waals surface area contributed by atoms with Crippen molar-refractivity contribution < 1.29 is 29.6 Å². The highest BCUT2D eigenvalue weighted by molar-refractivity contribution is 5.96. The van der Waals surface area contributed by atoms with Crippen molar-refractivity contribution in [3.05, 3.63) is 125 Å². The largest absolute Gasteiger partial charge is 0.508 e. The van der Waals surface area contributed by atoms with Crippen molar-refractivity contribution in [2.24, 2.45) is 17.4 Å². The van der Waals surface area contributed by atoms with Crippen molar-refractivity contribution in [2.45, 2.75) is 109 Å². The Bertz CT molecular complexity index is 1760. The molecule has 0 fully saturated rings. The zero-order chi connectivity index (χ0) is 38.9. The summed E-state index contributed by atoms with van der Waals surface area (Å²) < 4.78 is 6.01. The number of aromatic nitrogens is 1. The minimum atomic E-state index is -0.623. The summed E-state index contributed by atoms with van der Waals surface area (Å²) in [5, 5.41) is 31.4. The monoisotopic (exact) mass is 737 g/mol. The van der Waals surface area contributed by atoms with E-state index < -0.39 is 12.1 Å². The van der Waals surface area contributed by atoms with Gasteiger partial charge in [0.15, 0.2) is 23.1 Å². The Kier molecular flexibility index (Phi) is 17.0. The third kappa shape index (κ3) is 13.6. The molecule has 3 unspecified atom stereocenters. The van der Waals surface area contributed by atoms with Crippen LogP contribution >= 0.6 is 0 Å². The van der Waals surface area contributed by atoms with Crippen molar-refractivity contribution in [1.29, 1.82) is 0 Å². The van der Waals surface area contributed by atoms with Crippen LogP contribution in [0.5, 0.6) is 17.2 Å². The van der Waals surface area contributed by atoms with Gasteiger partial charge in [0.25, 0.3) is 0 Å². The van der Waals surface area contributed by atoms with E-state index in [4.69, 9.17) is 16.2 Å². The van der Waals surface area contributed by atoms with Gasteiger partial charge in [0.05, 0.1) is 18.9 Å². The van der Waals surface area contributed by atoms with Crippen LogP contribution in [0.3, 0.4) is 0 Å². The molecule has 0 aliphatic carbocycles. The quantitative estimate of drug-likeness (QED) is 0.0180. The highest BCUT2D eigenvalue weighted by Gasteiger charge is 2.23. The first-order valence-electron chi connectivity index (χ1n) is 19.4. The molecule has 0 radical (unpaired) electrons. The predicted octanol–water partition coefficient (Wildman–Crippen LogP) is 8.56. The predicted molar refractivity (Wildman–Crippen MR) is 215 cm³/mol. The van der Waals surface area contributed by atoms with E-state index in [1.165, 1.54) is 19.3 Å². The number of aliphatic hydroxyl groups is 1. The van der Waals surface area contributed by atoms with E-state index in [1.54, 1.807) is 48.8 Å². The zero-order valence-corrected chi connectivity index (χ0v) is 31.9. The Hall–Kier alpha value is -4.70. The lowest BCUT2D eigenvalue weighted by molar-refractivity contribution is -0.114. The van der Waals surface area contributed by atoms with E-state index in [2.05, 4.69) is 11.9 Å². The standard InChI is InChI=1S/C45H59N3O6/c1-3-4-6-9-32(26-31(2)49)10-7-5-8-11-38(50)19-12-33-14-21-42(52)44(28-33)54-25-23-34-13-20-41(51)40(27-34)39(29-43(53)37-22-24-48-30-37)35-15-17-36(18-16-35)45(46)47/h8,11,13-18,20-22,24,27-28,30-32,39,45,48-49,51-52H,3-7,9-10,12,19,23,25-26,29,46-47H2,1-2H3. The van der Waals surface area contributed by atoms with Gasteiger partial charge in [-0.3, -0.25) is 9.59 Å². The van der Waals surface area contributed by atoms with E-state index in [9.17, 15) is 24.9 Å². The van der Waals surface area contributed by atoms with Crippen molar-refractivity contribution in [3.8, 4) is 17.2 Å². The van der Waals surface area contributed by atoms with Crippen LogP contribution in [0.2, 0.25) is 0 Å². The summed E-state index contributed by atoms with van der Waals surface area (Å²) in [6.45, 7) is 4.32. The Balaban J connectivity index is 1.32. The molecule has 0 spiro atoms. The van der Waals surface area contributed by atoms with Crippen molar-refractivity contribution in [2.75, 3.05) is 6.61 Å². The number of ether oxygens (including phenoxy) is 1. The molecule has 54 heavy (non-hydrogen) atoms. The maximum atomic E-state index is 13.2. The van der Waals surface area contributed by atoms with Gasteiger partial charge in [-0.1, -0.05) is 87.6 Å². The molecular formula is C45H59N3O6. The first-order valence-corrected chi connectivity index (χ1v) is 19.4. The molecule has 1 aromatic heterocycles. The van der Waals surface area contributed by atoms with Crippen molar-refractivity contribution in [1.82, 2.24) is 4.98 Å². The number of hydrogen-bond acceptors (Lipinski definition) is 8. The number of aromatic amines is 1. The molecule has 0 saturated heterocycles. The number of benzene rings is 3. The highest BCUT2D eigenvalue weighted by Crippen LogP contribution is 2.36. The molecule has 3 atom stereocenters. The number of aryl methyl sites for hydroxylation is 1. The molecule has 8 N–H and O–H groups in total. The van der Waals surface area contributed by atoms with Crippen LogP contribution in [0.1, 0.15) is 128 Å². The number of allylic oxidation sites excluding steroid dienone is 2. The lowest BCUT2D eigenvalue weighted by atomic mass is 9.84.